The van der Waals surface area contributed by atoms with E-state index in [0.29, 0.717) is 23.1 Å². The average molecular weight is 544 g/mol. The van der Waals surface area contributed by atoms with Crippen LogP contribution in [0.15, 0.2) is 22.7 Å². The van der Waals surface area contributed by atoms with E-state index in [0.717, 1.165) is 11.4 Å². The Morgan fingerprint density at radius 2 is 1.84 bits per heavy atom. The van der Waals surface area contributed by atoms with Gasteiger partial charge in [-0.2, -0.15) is 0 Å². The molecular weight excluding hydrogens is 517 g/mol. The van der Waals surface area contributed by atoms with Crippen LogP contribution >= 0.6 is 15.9 Å². The number of carbonyl (C=O) groups is 1. The Morgan fingerprint density at radius 1 is 1.23 bits per heavy atom. The zero-order valence-corrected chi connectivity index (χ0v) is 20.8. The van der Waals surface area contributed by atoms with Gasteiger partial charge in [0, 0.05) is 13.1 Å². The smallest absolute Gasteiger partial charge is 0.324 e. The van der Waals surface area contributed by atoms with Crippen LogP contribution in [0.1, 0.15) is 33.1 Å². The van der Waals surface area contributed by atoms with Gasteiger partial charge in [-0.25, -0.2) is 25.5 Å². The molecule has 1 atom stereocenters. The molecule has 0 amide bonds. The number of carbonyl (C=O) groups excluding carboxylic acids is 1. The van der Waals surface area contributed by atoms with Gasteiger partial charge in [0.1, 0.15) is 17.7 Å². The quantitative estimate of drug-likeness (QED) is 0.440. The summed E-state index contributed by atoms with van der Waals surface area (Å²) in [7, 11) is -7.36. The van der Waals surface area contributed by atoms with Crippen molar-refractivity contribution >= 4 is 41.8 Å². The van der Waals surface area contributed by atoms with E-state index in [-0.39, 0.29) is 31.5 Å². The van der Waals surface area contributed by atoms with Crippen molar-refractivity contribution < 1.29 is 35.5 Å². The van der Waals surface area contributed by atoms with E-state index in [1.807, 2.05) is 0 Å². The monoisotopic (exact) mass is 543 g/mol. The van der Waals surface area contributed by atoms with Crippen molar-refractivity contribution in [2.75, 3.05) is 25.3 Å². The first kappa shape index (κ1) is 26.0. The van der Waals surface area contributed by atoms with Gasteiger partial charge in [0.2, 0.25) is 10.0 Å². The maximum atomic E-state index is 13.2. The number of methoxy groups -OCH3 is 1. The minimum Gasteiger partial charge on any atom is -0.489 e. The lowest BCUT2D eigenvalue weighted by molar-refractivity contribution is -0.140. The largest absolute Gasteiger partial charge is 0.489 e. The first-order chi connectivity index (χ1) is 14.4. The summed E-state index contributed by atoms with van der Waals surface area (Å²) in [5, 5.41) is -2.68. The molecule has 0 bridgehead atoms. The molecule has 8 nitrogen and oxygen atoms in total. The molecule has 0 aromatic heterocycles. The Morgan fingerprint density at radius 3 is 2.35 bits per heavy atom. The van der Waals surface area contributed by atoms with Gasteiger partial charge in [0.15, 0.2) is 20.2 Å². The lowest BCUT2D eigenvalue weighted by Gasteiger charge is -2.31. The molecular formula is C19H27BrFNO7S2. The van der Waals surface area contributed by atoms with Gasteiger partial charge >= 0.3 is 5.97 Å². The third kappa shape index (κ3) is 7.13. The van der Waals surface area contributed by atoms with Gasteiger partial charge in [-0.1, -0.05) is 13.8 Å². The molecule has 1 heterocycles. The van der Waals surface area contributed by atoms with E-state index < -0.39 is 42.0 Å². The van der Waals surface area contributed by atoms with Gasteiger partial charge in [0.05, 0.1) is 11.6 Å². The van der Waals surface area contributed by atoms with E-state index >= 15 is 0 Å². The van der Waals surface area contributed by atoms with E-state index in [4.69, 9.17) is 4.74 Å². The Hall–Kier alpha value is -1.24. The third-order valence-corrected chi connectivity index (χ3v) is 10.4. The number of sulfonamides is 1. The second-order valence-corrected chi connectivity index (χ2v) is 13.2. The predicted octanol–water partition coefficient (Wildman–Crippen LogP) is 2.72. The van der Waals surface area contributed by atoms with Gasteiger partial charge in [0.25, 0.3) is 0 Å². The van der Waals surface area contributed by atoms with Crippen molar-refractivity contribution in [3.05, 3.63) is 28.5 Å². The van der Waals surface area contributed by atoms with Crippen LogP contribution in [0.2, 0.25) is 0 Å². The minimum absolute atomic E-state index is 0.0208. The van der Waals surface area contributed by atoms with Gasteiger partial charge in [-0.15, -0.1) is 0 Å². The number of piperidine rings is 1. The number of hydrogen-bond acceptors (Lipinski definition) is 7. The number of halogens is 2. The molecule has 1 fully saturated rings. The lowest BCUT2D eigenvalue weighted by Crippen LogP contribution is -2.45. The molecule has 1 aromatic carbocycles. The molecule has 2 rings (SSSR count). The number of sulfone groups is 1. The standard InChI is InChI=1S/C19H27BrFNO7S2/c1-13(2)10-18(19(23)28-3)30(24,25)12-31(26,27)22-8-6-15(7-9-22)29-17-5-4-14(21)11-16(17)20/h4-5,11,13,15,18H,6-10,12H2,1-3H3. The molecule has 1 unspecified atom stereocenters. The molecule has 0 saturated carbocycles. The number of esters is 1. The zero-order chi connectivity index (χ0) is 23.4. The van der Waals surface area contributed by atoms with Crippen molar-refractivity contribution in [2.45, 2.75) is 44.5 Å². The van der Waals surface area contributed by atoms with E-state index in [9.17, 15) is 26.0 Å². The summed E-state index contributed by atoms with van der Waals surface area (Å²) in [5.41, 5.74) is 0. The van der Waals surface area contributed by atoms with Crippen LogP contribution in [0.4, 0.5) is 4.39 Å². The molecule has 1 aromatic rings. The lowest BCUT2D eigenvalue weighted by atomic mass is 10.1. The van der Waals surface area contributed by atoms with Gasteiger partial charge in [-0.05, 0) is 59.3 Å². The summed E-state index contributed by atoms with van der Waals surface area (Å²) in [6.45, 7) is 3.64. The first-order valence-corrected chi connectivity index (χ1v) is 13.9. The van der Waals surface area contributed by atoms with E-state index in [1.165, 1.54) is 18.2 Å². The molecule has 1 aliphatic heterocycles. The zero-order valence-electron chi connectivity index (χ0n) is 17.6. The Labute approximate surface area is 191 Å². The summed E-state index contributed by atoms with van der Waals surface area (Å²) in [6.07, 6.45) is 0.367. The number of hydrogen-bond donors (Lipinski definition) is 0. The highest BCUT2D eigenvalue weighted by atomic mass is 79.9. The van der Waals surface area contributed by atoms with Crippen molar-refractivity contribution in [1.82, 2.24) is 4.31 Å². The van der Waals surface area contributed by atoms with Crippen LogP contribution < -0.4 is 4.74 Å². The molecule has 31 heavy (non-hydrogen) atoms. The Balaban J connectivity index is 2.04. The van der Waals surface area contributed by atoms with Crippen LogP contribution in [0.25, 0.3) is 0 Å². The van der Waals surface area contributed by atoms with Gasteiger partial charge in [-0.3, -0.25) is 4.79 Å². The molecule has 0 N–H and O–H groups in total. The summed E-state index contributed by atoms with van der Waals surface area (Å²) in [6, 6.07) is 4.02. The van der Waals surface area contributed by atoms with Crippen molar-refractivity contribution in [1.29, 1.82) is 0 Å². The van der Waals surface area contributed by atoms with Crippen molar-refractivity contribution in [3.8, 4) is 5.75 Å². The number of ether oxygens (including phenoxy) is 2. The molecule has 176 valence electrons. The number of rotatable bonds is 9. The number of nitrogens with zero attached hydrogens (tertiary/aromatic N) is 1. The number of benzene rings is 1. The molecule has 1 saturated heterocycles. The van der Waals surface area contributed by atoms with E-state index in [2.05, 4.69) is 20.7 Å². The normalized spacial score (nSPS) is 17.5. The summed E-state index contributed by atoms with van der Waals surface area (Å²) >= 11 is 3.22. The maximum absolute atomic E-state index is 13.2. The Kier molecular flexibility index (Phi) is 8.88. The molecule has 0 radical (unpaired) electrons. The second kappa shape index (κ2) is 10.6. The average Bonchev–Trinajstić information content (AvgIpc) is 2.67. The highest BCUT2D eigenvalue weighted by Crippen LogP contribution is 2.29. The van der Waals surface area contributed by atoms with Crippen molar-refractivity contribution in [2.24, 2.45) is 5.92 Å². The van der Waals surface area contributed by atoms with Gasteiger partial charge < -0.3 is 9.47 Å². The second-order valence-electron chi connectivity index (χ2n) is 7.82. The van der Waals surface area contributed by atoms with E-state index in [1.54, 1.807) is 13.8 Å². The fourth-order valence-corrected chi connectivity index (χ4v) is 8.48. The minimum atomic E-state index is -4.28. The van der Waals surface area contributed by atoms with Crippen LogP contribution in [0.3, 0.4) is 0 Å². The highest BCUT2D eigenvalue weighted by molar-refractivity contribution is 9.10. The van der Waals surface area contributed by atoms with Crippen LogP contribution in [-0.4, -0.2) is 63.7 Å². The predicted molar refractivity (Wildman–Crippen MR) is 117 cm³/mol. The fraction of sp³-hybridized carbons (Fsp3) is 0.632. The van der Waals surface area contributed by atoms with Crippen LogP contribution in [0, 0.1) is 11.7 Å². The first-order valence-electron chi connectivity index (χ1n) is 9.74. The Bertz CT molecular complexity index is 991. The SMILES string of the molecule is COC(=O)C(CC(C)C)S(=O)(=O)CS(=O)(=O)N1CCC(Oc2ccc(F)cc2Br)CC1. The highest BCUT2D eigenvalue weighted by Gasteiger charge is 2.40. The maximum Gasteiger partial charge on any atom is 0.324 e. The third-order valence-electron chi connectivity index (χ3n) is 4.88. The van der Waals surface area contributed by atoms with Crippen LogP contribution in [-0.2, 0) is 29.4 Å². The molecule has 0 spiro atoms. The van der Waals surface area contributed by atoms with Crippen molar-refractivity contribution in [3.63, 3.8) is 0 Å². The topological polar surface area (TPSA) is 107 Å². The van der Waals surface area contributed by atoms with Crippen LogP contribution in [0.5, 0.6) is 5.75 Å². The fourth-order valence-electron chi connectivity index (χ4n) is 3.29. The molecule has 1 aliphatic rings. The molecule has 12 heteroatoms. The summed E-state index contributed by atoms with van der Waals surface area (Å²) in [4.78, 5) is 12.0. The summed E-state index contributed by atoms with van der Waals surface area (Å²) in [5.74, 6) is -1.06. The summed E-state index contributed by atoms with van der Waals surface area (Å²) < 4.78 is 76.1. The molecule has 0 aliphatic carbocycles.